The van der Waals surface area contributed by atoms with Gasteiger partial charge in [0.25, 0.3) is 5.91 Å². The first-order valence-corrected chi connectivity index (χ1v) is 21.6. The number of carbonyl (C=O) groups excluding carboxylic acids is 2. The topological polar surface area (TPSA) is 118 Å². The molecule has 322 valence electrons. The van der Waals surface area contributed by atoms with Gasteiger partial charge in [0, 0.05) is 31.6 Å². The molecule has 0 radical (unpaired) electrons. The number of aliphatic carboxylic acids is 1. The molecule has 63 heavy (non-hydrogen) atoms. The van der Waals surface area contributed by atoms with E-state index in [2.05, 4.69) is 29.3 Å². The molecule has 0 bridgehead atoms. The molecule has 6 aromatic rings. The van der Waals surface area contributed by atoms with E-state index in [1.54, 1.807) is 43.3 Å². The number of methoxy groups -OCH3 is 1. The maximum absolute atomic E-state index is 14.5. The van der Waals surface area contributed by atoms with Crippen molar-refractivity contribution in [2.45, 2.75) is 63.6 Å². The lowest BCUT2D eigenvalue weighted by atomic mass is 9.88. The highest BCUT2D eigenvalue weighted by molar-refractivity contribution is 6.42. The van der Waals surface area contributed by atoms with Crippen LogP contribution in [0.5, 0.6) is 17.2 Å². The van der Waals surface area contributed by atoms with Gasteiger partial charge in [-0.3, -0.25) is 14.5 Å². The number of likely N-dealkylation sites (N-methyl/N-ethyl adjacent to an activating group) is 1. The second kappa shape index (κ2) is 19.0. The van der Waals surface area contributed by atoms with Crippen LogP contribution in [0.15, 0.2) is 133 Å². The van der Waals surface area contributed by atoms with E-state index in [-0.39, 0.29) is 24.3 Å². The van der Waals surface area contributed by atoms with E-state index in [1.807, 2.05) is 97.1 Å². The monoisotopic (exact) mass is 883 g/mol. The Hall–Kier alpha value is -6.33. The Labute approximate surface area is 376 Å². The predicted octanol–water partition coefficient (Wildman–Crippen LogP) is 10.0. The van der Waals surface area contributed by atoms with Gasteiger partial charge in [-0.15, -0.1) is 0 Å². The molecule has 10 nitrogen and oxygen atoms in total. The van der Waals surface area contributed by atoms with Gasteiger partial charge in [0.15, 0.2) is 0 Å². The lowest BCUT2D eigenvalue weighted by molar-refractivity contribution is -0.143. The van der Waals surface area contributed by atoms with E-state index >= 15 is 0 Å². The van der Waals surface area contributed by atoms with Crippen LogP contribution >= 0.6 is 23.2 Å². The molecule has 0 spiro atoms. The Morgan fingerprint density at radius 3 is 2.14 bits per heavy atom. The number of benzene rings is 6. The number of carboxylic acids is 1. The quantitative estimate of drug-likeness (QED) is 0.111. The zero-order chi connectivity index (χ0) is 44.2. The summed E-state index contributed by atoms with van der Waals surface area (Å²) in [7, 11) is 3.35. The maximum Gasteiger partial charge on any atom is 0.326 e. The zero-order valence-corrected chi connectivity index (χ0v) is 36.6. The molecule has 0 saturated carbocycles. The third kappa shape index (κ3) is 9.54. The van der Waals surface area contributed by atoms with Crippen molar-refractivity contribution in [2.75, 3.05) is 19.1 Å². The average Bonchev–Trinajstić information content (AvgIpc) is 3.30. The van der Waals surface area contributed by atoms with Crippen LogP contribution in [0.3, 0.4) is 0 Å². The predicted molar refractivity (Wildman–Crippen MR) is 245 cm³/mol. The summed E-state index contributed by atoms with van der Waals surface area (Å²) in [5.41, 5.74) is 7.81. The molecule has 4 atom stereocenters. The van der Waals surface area contributed by atoms with Crippen LogP contribution in [0.4, 0.5) is 5.69 Å². The Morgan fingerprint density at radius 2 is 1.49 bits per heavy atom. The summed E-state index contributed by atoms with van der Waals surface area (Å²) in [6.45, 7) is 2.78. The van der Waals surface area contributed by atoms with E-state index in [9.17, 15) is 19.5 Å². The smallest absolute Gasteiger partial charge is 0.326 e. The summed E-state index contributed by atoms with van der Waals surface area (Å²) in [5, 5.41) is 14.2. The van der Waals surface area contributed by atoms with Gasteiger partial charge in [-0.2, -0.15) is 0 Å². The molecule has 2 heterocycles. The Bertz CT molecular complexity index is 2610. The molecule has 8 rings (SSSR count). The van der Waals surface area contributed by atoms with Crippen LogP contribution in [0.1, 0.15) is 58.9 Å². The normalized spacial score (nSPS) is 16.8. The molecule has 6 aromatic carbocycles. The second-order valence-electron chi connectivity index (χ2n) is 15.8. The van der Waals surface area contributed by atoms with E-state index < -0.39 is 24.2 Å². The number of anilines is 1. The van der Waals surface area contributed by atoms with Crippen LogP contribution in [0.2, 0.25) is 10.0 Å². The molecule has 2 amide bonds. The van der Waals surface area contributed by atoms with Gasteiger partial charge in [-0.05, 0) is 100 Å². The van der Waals surface area contributed by atoms with Crippen LogP contribution in [-0.2, 0) is 40.4 Å². The summed E-state index contributed by atoms with van der Waals surface area (Å²) in [5.74, 6) is 0.202. The zero-order valence-electron chi connectivity index (χ0n) is 35.1. The second-order valence-corrected chi connectivity index (χ2v) is 16.7. The molecule has 0 aliphatic carbocycles. The van der Waals surface area contributed by atoms with Crippen molar-refractivity contribution in [3.63, 3.8) is 0 Å². The minimum Gasteiger partial charge on any atom is -0.497 e. The van der Waals surface area contributed by atoms with Gasteiger partial charge in [0.05, 0.1) is 28.9 Å². The van der Waals surface area contributed by atoms with E-state index in [0.717, 1.165) is 44.7 Å². The van der Waals surface area contributed by atoms with Gasteiger partial charge >= 0.3 is 5.97 Å². The SMILES string of the molecule is CC[C@@H](c1ccccc1)N1Cc2cc3c(cc2CC1C(=O)N[C@@H](Cc1ccc(-c2ccc(OC)cc2)cc1)C(=O)O)N(C)C(=O)[C@@H](c1ccc(OCc2ccc(Cl)c(Cl)c2)cc1)O3. The number of fused-ring (bicyclic) bond motifs is 2. The number of hydrogen-bond acceptors (Lipinski definition) is 7. The number of ether oxygens (including phenoxy) is 3. The van der Waals surface area contributed by atoms with Gasteiger partial charge in [0.2, 0.25) is 12.0 Å². The Balaban J connectivity index is 1.02. The average molecular weight is 885 g/mol. The number of carboxylic acid groups (broad SMARTS) is 1. The molecule has 0 fully saturated rings. The molecular weight excluding hydrogens is 837 g/mol. The highest BCUT2D eigenvalue weighted by Gasteiger charge is 2.40. The van der Waals surface area contributed by atoms with Crippen LogP contribution in [0, 0.1) is 0 Å². The first-order valence-electron chi connectivity index (χ1n) is 20.8. The van der Waals surface area contributed by atoms with Gasteiger partial charge < -0.3 is 29.5 Å². The minimum atomic E-state index is -1.16. The van der Waals surface area contributed by atoms with E-state index in [0.29, 0.717) is 58.8 Å². The van der Waals surface area contributed by atoms with Crippen molar-refractivity contribution in [3.05, 3.63) is 177 Å². The number of amides is 2. The fraction of sp³-hybridized carbons (Fsp3) is 0.235. The number of rotatable bonds is 14. The van der Waals surface area contributed by atoms with Crippen LogP contribution in [0.25, 0.3) is 11.1 Å². The molecule has 0 saturated heterocycles. The third-order valence-corrected chi connectivity index (χ3v) is 12.6. The molecule has 2 N–H and O–H groups in total. The number of carbonyl (C=O) groups is 3. The fourth-order valence-corrected chi connectivity index (χ4v) is 8.75. The third-order valence-electron chi connectivity index (χ3n) is 11.9. The van der Waals surface area contributed by atoms with E-state index in [4.69, 9.17) is 37.4 Å². The summed E-state index contributed by atoms with van der Waals surface area (Å²) in [6, 6.07) is 39.9. The van der Waals surface area contributed by atoms with Crippen LogP contribution in [-0.4, -0.2) is 54.0 Å². The standard InChI is InChI=1S/C51H47Cl2N3O7/c1-4-44(35-8-6-5-7-9-35)56-29-38-28-47-45(55(2)50(58)48(63-47)36-17-21-40(22-18-36)62-30-32-12-23-41(52)42(53)24-32)26-37(38)27-46(56)49(57)54-43(51(59)60)25-31-10-13-33(14-11-31)34-15-19-39(61-3)20-16-34/h5-24,26,28,43-44,46,48H,4,25,27,29-30H2,1-3H3,(H,54,57)(H,59,60)/t43-,44-,46?,48+/m0/s1. The van der Waals surface area contributed by atoms with Crippen molar-refractivity contribution >= 4 is 46.7 Å². The minimum absolute atomic E-state index is 0.108. The molecular formula is C51H47Cl2N3O7. The molecule has 2 aliphatic rings. The molecule has 2 aliphatic heterocycles. The summed E-state index contributed by atoms with van der Waals surface area (Å²) in [6.07, 6.45) is 0.231. The first-order chi connectivity index (χ1) is 30.5. The van der Waals surface area contributed by atoms with Crippen molar-refractivity contribution in [1.29, 1.82) is 0 Å². The van der Waals surface area contributed by atoms with Gasteiger partial charge in [0.1, 0.15) is 29.9 Å². The largest absolute Gasteiger partial charge is 0.497 e. The fourth-order valence-electron chi connectivity index (χ4n) is 8.43. The van der Waals surface area contributed by atoms with Crippen molar-refractivity contribution in [3.8, 4) is 28.4 Å². The van der Waals surface area contributed by atoms with Crippen molar-refractivity contribution in [2.24, 2.45) is 0 Å². The summed E-state index contributed by atoms with van der Waals surface area (Å²) in [4.78, 5) is 44.9. The highest BCUT2D eigenvalue weighted by atomic mass is 35.5. The lowest BCUT2D eigenvalue weighted by Gasteiger charge is -2.42. The number of halogens is 2. The Kier molecular flexibility index (Phi) is 13.0. The van der Waals surface area contributed by atoms with E-state index in [1.165, 1.54) is 0 Å². The first kappa shape index (κ1) is 43.3. The van der Waals surface area contributed by atoms with Crippen molar-refractivity contribution in [1.82, 2.24) is 10.2 Å². The Morgan fingerprint density at radius 1 is 0.825 bits per heavy atom. The highest BCUT2D eigenvalue weighted by Crippen LogP contribution is 2.43. The summed E-state index contributed by atoms with van der Waals surface area (Å²) < 4.78 is 17.7. The lowest BCUT2D eigenvalue weighted by Crippen LogP contribution is -2.55. The number of nitrogens with one attached hydrogen (secondary N) is 1. The van der Waals surface area contributed by atoms with Crippen molar-refractivity contribution < 1.29 is 33.7 Å². The number of hydrogen-bond donors (Lipinski definition) is 2. The number of nitrogens with zero attached hydrogens (tertiary/aromatic N) is 2. The maximum atomic E-state index is 14.5. The summed E-state index contributed by atoms with van der Waals surface area (Å²) >= 11 is 12.2. The molecule has 1 unspecified atom stereocenters. The molecule has 12 heteroatoms. The van der Waals surface area contributed by atoms with Gasteiger partial charge in [-0.25, -0.2) is 4.79 Å². The molecule has 0 aromatic heterocycles. The van der Waals surface area contributed by atoms with Crippen LogP contribution < -0.4 is 24.4 Å². The van der Waals surface area contributed by atoms with Gasteiger partial charge in [-0.1, -0.05) is 115 Å².